The SMILES string of the molecule is CC1CC([C-]=O)N2C(=O)C(C)(NC(=O)OC(C)(C)C)CN12.[Y]. The summed E-state index contributed by atoms with van der Waals surface area (Å²) in [6.07, 6.45) is 1.82. The molecule has 3 unspecified atom stereocenters. The van der Waals surface area contributed by atoms with Gasteiger partial charge in [0.1, 0.15) is 11.1 Å². The van der Waals surface area contributed by atoms with Crippen molar-refractivity contribution in [2.24, 2.45) is 0 Å². The van der Waals surface area contributed by atoms with E-state index in [1.165, 1.54) is 5.01 Å². The number of hydrogen-bond donors (Lipinski definition) is 1. The van der Waals surface area contributed by atoms with Crippen LogP contribution in [-0.2, 0) is 47.0 Å². The normalized spacial score (nSPS) is 31.5. The second-order valence-electron chi connectivity index (χ2n) is 6.92. The van der Waals surface area contributed by atoms with Gasteiger partial charge in [0, 0.05) is 38.8 Å². The summed E-state index contributed by atoms with van der Waals surface area (Å²) >= 11 is 0. The molecule has 0 bridgehead atoms. The van der Waals surface area contributed by atoms with Crippen molar-refractivity contribution in [1.29, 1.82) is 0 Å². The van der Waals surface area contributed by atoms with E-state index in [0.29, 0.717) is 13.0 Å². The number of nitrogens with zero attached hydrogens (tertiary/aromatic N) is 2. The number of rotatable bonds is 2. The van der Waals surface area contributed by atoms with Gasteiger partial charge in [-0.3, -0.25) is 9.80 Å². The molecule has 2 amide bonds. The van der Waals surface area contributed by atoms with Crippen molar-refractivity contribution in [3.05, 3.63) is 0 Å². The van der Waals surface area contributed by atoms with Crippen LogP contribution in [0.4, 0.5) is 4.79 Å². The molecule has 22 heavy (non-hydrogen) atoms. The second kappa shape index (κ2) is 6.53. The molecule has 7 nitrogen and oxygen atoms in total. The Morgan fingerprint density at radius 2 is 2.05 bits per heavy atom. The largest absolute Gasteiger partial charge is 0.540 e. The summed E-state index contributed by atoms with van der Waals surface area (Å²) < 4.78 is 5.20. The van der Waals surface area contributed by atoms with E-state index in [1.807, 2.05) is 18.2 Å². The number of amides is 2. The van der Waals surface area contributed by atoms with Crippen LogP contribution in [0.2, 0.25) is 0 Å². The summed E-state index contributed by atoms with van der Waals surface area (Å²) in [6.45, 7) is 9.18. The Bertz CT molecular complexity index is 479. The first kappa shape index (κ1) is 19.5. The first-order valence-corrected chi connectivity index (χ1v) is 7.06. The van der Waals surface area contributed by atoms with E-state index < -0.39 is 23.3 Å². The molecule has 0 aromatic heterocycles. The number of nitrogens with one attached hydrogen (secondary N) is 1. The smallest absolute Gasteiger partial charge is 0.408 e. The van der Waals surface area contributed by atoms with Gasteiger partial charge < -0.3 is 14.8 Å². The van der Waals surface area contributed by atoms with Crippen LogP contribution in [0.15, 0.2) is 0 Å². The van der Waals surface area contributed by atoms with E-state index in [4.69, 9.17) is 4.74 Å². The average molecular weight is 385 g/mol. The molecule has 0 aliphatic carbocycles. The molecule has 2 aliphatic rings. The molecule has 2 heterocycles. The monoisotopic (exact) mass is 385 g/mol. The zero-order valence-electron chi connectivity index (χ0n) is 13.7. The van der Waals surface area contributed by atoms with Gasteiger partial charge in [-0.05, 0) is 47.1 Å². The summed E-state index contributed by atoms with van der Waals surface area (Å²) in [5.74, 6) is -0.300. The second-order valence-corrected chi connectivity index (χ2v) is 6.92. The van der Waals surface area contributed by atoms with E-state index in [9.17, 15) is 14.4 Å². The summed E-state index contributed by atoms with van der Waals surface area (Å²) in [5, 5.41) is 5.86. The minimum Gasteiger partial charge on any atom is -0.540 e. The molecule has 2 fully saturated rings. The number of carbonyl (C=O) groups is 2. The summed E-state index contributed by atoms with van der Waals surface area (Å²) in [7, 11) is 0. The van der Waals surface area contributed by atoms with Gasteiger partial charge in [-0.1, -0.05) is 0 Å². The van der Waals surface area contributed by atoms with Crippen LogP contribution in [0.3, 0.4) is 0 Å². The van der Waals surface area contributed by atoms with Gasteiger partial charge in [0.05, 0.1) is 6.54 Å². The summed E-state index contributed by atoms with van der Waals surface area (Å²) in [4.78, 5) is 35.5. The van der Waals surface area contributed by atoms with Crippen LogP contribution in [0.25, 0.3) is 0 Å². The van der Waals surface area contributed by atoms with Crippen molar-refractivity contribution < 1.29 is 51.8 Å². The van der Waals surface area contributed by atoms with Crippen LogP contribution >= 0.6 is 0 Å². The molecule has 0 aromatic rings. The predicted molar refractivity (Wildman–Crippen MR) is 74.9 cm³/mol. The van der Waals surface area contributed by atoms with Crippen molar-refractivity contribution in [1.82, 2.24) is 15.3 Å². The van der Waals surface area contributed by atoms with Crippen molar-refractivity contribution in [3.63, 3.8) is 0 Å². The standard InChI is InChI=1S/C14H22N3O4.Y/c1-9-6-10(7-18)17-11(19)14(5,8-16(9)17)15-12(20)21-13(2,3)4;/h9-10H,6,8H2,1-5H3,(H,15,20);/q-1;. The Morgan fingerprint density at radius 1 is 1.45 bits per heavy atom. The molecular formula is C14H22N3O4Y-. The van der Waals surface area contributed by atoms with Gasteiger partial charge in [-0.15, -0.1) is 0 Å². The van der Waals surface area contributed by atoms with Crippen molar-refractivity contribution in [2.75, 3.05) is 6.54 Å². The molecule has 0 saturated carbocycles. The third-order valence-corrected chi connectivity index (χ3v) is 3.72. The van der Waals surface area contributed by atoms with E-state index in [1.54, 1.807) is 27.7 Å². The molecule has 1 radical (unpaired) electrons. The fourth-order valence-electron chi connectivity index (χ4n) is 2.79. The predicted octanol–water partition coefficient (Wildman–Crippen LogP) is 0.597. The Hall–Kier alpha value is -0.526. The van der Waals surface area contributed by atoms with Gasteiger partial charge in [0.15, 0.2) is 0 Å². The van der Waals surface area contributed by atoms with Crippen LogP contribution in [0, 0.1) is 0 Å². The van der Waals surface area contributed by atoms with Crippen LogP contribution < -0.4 is 5.32 Å². The molecule has 1 N–H and O–H groups in total. The maximum Gasteiger partial charge on any atom is 0.408 e. The van der Waals surface area contributed by atoms with Crippen molar-refractivity contribution in [2.45, 2.75) is 64.3 Å². The summed E-state index contributed by atoms with van der Waals surface area (Å²) in [5.41, 5.74) is -1.73. The number of alkyl carbamates (subject to hydrolysis) is 1. The third kappa shape index (κ3) is 3.68. The average Bonchev–Trinajstić information content (AvgIpc) is 2.74. The van der Waals surface area contributed by atoms with E-state index in [0.717, 1.165) is 0 Å². The summed E-state index contributed by atoms with van der Waals surface area (Å²) in [6, 6.07) is -0.516. The number of fused-ring (bicyclic) bond motifs is 1. The first-order valence-electron chi connectivity index (χ1n) is 7.06. The fourth-order valence-corrected chi connectivity index (χ4v) is 2.79. The maximum absolute atomic E-state index is 12.6. The minimum atomic E-state index is -1.09. The number of hydrazine groups is 1. The molecule has 121 valence electrons. The molecule has 0 aromatic carbocycles. The van der Waals surface area contributed by atoms with E-state index >= 15 is 0 Å². The number of hydrogen-bond acceptors (Lipinski definition) is 5. The van der Waals surface area contributed by atoms with Crippen molar-refractivity contribution >= 4 is 18.3 Å². The van der Waals surface area contributed by atoms with Crippen LogP contribution in [0.1, 0.15) is 41.0 Å². The van der Waals surface area contributed by atoms with E-state index in [-0.39, 0.29) is 44.7 Å². The Balaban J connectivity index is 0.00000242. The molecule has 8 heteroatoms. The Morgan fingerprint density at radius 3 is 2.55 bits per heavy atom. The topological polar surface area (TPSA) is 79.0 Å². The molecule has 2 saturated heterocycles. The van der Waals surface area contributed by atoms with Gasteiger partial charge >= 0.3 is 6.09 Å². The molecular weight excluding hydrogens is 363 g/mol. The molecule has 0 spiro atoms. The van der Waals surface area contributed by atoms with Crippen LogP contribution in [-0.4, -0.2) is 58.1 Å². The van der Waals surface area contributed by atoms with E-state index in [2.05, 4.69) is 5.32 Å². The van der Waals surface area contributed by atoms with Crippen LogP contribution in [0.5, 0.6) is 0 Å². The van der Waals surface area contributed by atoms with Gasteiger partial charge in [-0.25, -0.2) is 16.1 Å². The zero-order valence-corrected chi connectivity index (χ0v) is 16.5. The first-order chi connectivity index (χ1) is 9.57. The van der Waals surface area contributed by atoms with Gasteiger partial charge in [0.2, 0.25) is 0 Å². The Labute approximate surface area is 155 Å². The van der Waals surface area contributed by atoms with Gasteiger partial charge in [0.25, 0.3) is 5.91 Å². The van der Waals surface area contributed by atoms with Gasteiger partial charge in [-0.2, -0.15) is 0 Å². The minimum absolute atomic E-state index is 0. The third-order valence-electron chi connectivity index (χ3n) is 3.72. The zero-order chi connectivity index (χ0) is 16.0. The van der Waals surface area contributed by atoms with Crippen molar-refractivity contribution in [3.8, 4) is 0 Å². The molecule has 2 rings (SSSR count). The quantitative estimate of drug-likeness (QED) is 0.705. The molecule has 3 atom stereocenters. The fraction of sp³-hybridized carbons (Fsp3) is 0.786. The Kier molecular flexibility index (Phi) is 5.80. The maximum atomic E-state index is 12.6. The molecule has 2 aliphatic heterocycles. The number of carbonyl (C=O) groups excluding carboxylic acids is 3. The number of ether oxygens (including phenoxy) is 1.